The Labute approximate surface area is 287 Å². The molecule has 2 amide bonds. The molecule has 9 nitrogen and oxygen atoms in total. The molecule has 48 heavy (non-hydrogen) atoms. The van der Waals surface area contributed by atoms with Gasteiger partial charge in [0.15, 0.2) is 0 Å². The number of benzene rings is 2. The Kier molecular flexibility index (Phi) is 14.7. The lowest BCUT2D eigenvalue weighted by atomic mass is 9.83. The number of amides is 2. The number of thioether (sulfide) groups is 1. The number of hydrogen-bond donors (Lipinski definition) is 3. The summed E-state index contributed by atoms with van der Waals surface area (Å²) < 4.78 is 36.6. The average Bonchev–Trinajstić information content (AvgIpc) is 3.41. The maximum absolute atomic E-state index is 15.1. The Bertz CT molecular complexity index is 1520. The van der Waals surface area contributed by atoms with Crippen LogP contribution in [0.3, 0.4) is 0 Å². The lowest BCUT2D eigenvalue weighted by molar-refractivity contribution is -0.138. The van der Waals surface area contributed by atoms with Crippen molar-refractivity contribution >= 4 is 38.5 Å². The van der Waals surface area contributed by atoms with Gasteiger partial charge in [-0.3, -0.25) is 9.59 Å². The second-order valence-corrected chi connectivity index (χ2v) is 17.7. The van der Waals surface area contributed by atoms with Crippen molar-refractivity contribution in [1.82, 2.24) is 14.8 Å². The highest BCUT2D eigenvalue weighted by molar-refractivity contribution is 8.00. The van der Waals surface area contributed by atoms with Crippen LogP contribution in [0.1, 0.15) is 44.5 Å². The Balaban J connectivity index is 2.00. The molecule has 4 N–H and O–H groups in total. The molecule has 3 rings (SSSR count). The molecule has 1 heterocycles. The summed E-state index contributed by atoms with van der Waals surface area (Å²) in [5.41, 5.74) is 7.42. The molecule has 1 aromatic heterocycles. The number of rotatable bonds is 17. The molecule has 3 aromatic rings. The Morgan fingerprint density at radius 2 is 1.81 bits per heavy atom. The van der Waals surface area contributed by atoms with E-state index in [0.717, 1.165) is 47.3 Å². The molecule has 13 heteroatoms. The van der Waals surface area contributed by atoms with Gasteiger partial charge in [0.25, 0.3) is 0 Å². The van der Waals surface area contributed by atoms with Gasteiger partial charge in [-0.25, -0.2) is 13.6 Å². The number of alkyl carbamates (subject to hydrolysis) is 1. The molecule has 0 fully saturated rings. The molecule has 2 atom stereocenters. The third-order valence-electron chi connectivity index (χ3n) is 7.71. The number of carboxylic acid groups (broad SMARTS) is 1. The second kappa shape index (κ2) is 18.2. The fourth-order valence-electron chi connectivity index (χ4n) is 5.32. The summed E-state index contributed by atoms with van der Waals surface area (Å²) >= 11 is 1.14. The van der Waals surface area contributed by atoms with Crippen molar-refractivity contribution in [2.45, 2.75) is 65.0 Å². The minimum Gasteiger partial charge on any atom is -0.480 e. The van der Waals surface area contributed by atoms with Gasteiger partial charge in [0.05, 0.1) is 18.4 Å². The van der Waals surface area contributed by atoms with E-state index in [1.54, 1.807) is 17.2 Å². The molecule has 0 aliphatic rings. The van der Waals surface area contributed by atoms with Crippen LogP contribution in [0.2, 0.25) is 19.1 Å². The third-order valence-corrected chi connectivity index (χ3v) is 10.1. The van der Waals surface area contributed by atoms with Gasteiger partial charge >= 0.3 is 12.1 Å². The number of nitrogens with zero attached hydrogens (tertiary/aromatic N) is 2. The molecule has 0 bridgehead atoms. The first-order valence-corrected chi connectivity index (χ1v) is 20.4. The van der Waals surface area contributed by atoms with Crippen LogP contribution in [-0.4, -0.2) is 78.6 Å². The van der Waals surface area contributed by atoms with E-state index in [4.69, 9.17) is 10.5 Å². The molecule has 0 spiro atoms. The van der Waals surface area contributed by atoms with Gasteiger partial charge in [-0.05, 0) is 47.7 Å². The van der Waals surface area contributed by atoms with E-state index in [2.05, 4.69) is 18.4 Å². The zero-order chi connectivity index (χ0) is 35.4. The monoisotopic (exact) mass is 702 g/mol. The molecule has 0 aliphatic heterocycles. The molecular weight excluding hydrogens is 655 g/mol. The zero-order valence-electron chi connectivity index (χ0n) is 28.4. The first-order valence-electron chi connectivity index (χ1n) is 16.1. The Morgan fingerprint density at radius 1 is 1.10 bits per heavy atom. The number of carbonyl (C=O) groups excluding carboxylic acids is 2. The minimum atomic E-state index is -1.15. The van der Waals surface area contributed by atoms with E-state index in [0.29, 0.717) is 25.1 Å². The average molecular weight is 703 g/mol. The fourth-order valence-corrected chi connectivity index (χ4v) is 6.76. The number of nitrogens with one attached hydrogen (secondary N) is 1. The predicted octanol–water partition coefficient (Wildman–Crippen LogP) is 6.15. The number of ether oxygens (including phenoxy) is 1. The van der Waals surface area contributed by atoms with E-state index >= 15 is 4.39 Å². The molecule has 2 aromatic carbocycles. The topological polar surface area (TPSA) is 127 Å². The van der Waals surface area contributed by atoms with Crippen molar-refractivity contribution in [2.75, 3.05) is 31.2 Å². The highest BCUT2D eigenvalue weighted by atomic mass is 32.2. The van der Waals surface area contributed by atoms with Crippen molar-refractivity contribution in [1.29, 1.82) is 0 Å². The number of aromatic nitrogens is 1. The number of halogens is 2. The standard InChI is InChI=1S/C35H48F2N4O5SSi/c1-35(2,3)32(30-18-25(27-19-26(36)12-13-28(27)37)21-40(30)20-24-10-7-6-8-11-24)41(31(42)23-47-22-29(38)33(43)44)15-9-14-39-34(45)46-16-17-48(4)5/h6-8,10-13,18-19,21,29,32,48H,9,14-17,20,22-23,38H2,1-5H3,(H,39,45)(H,43,44)/t29-,32-/m0/s1. The van der Waals surface area contributed by atoms with E-state index in [1.165, 1.54) is 0 Å². The zero-order valence-corrected chi connectivity index (χ0v) is 30.3. The SMILES string of the molecule is C[SiH](C)CCOC(=O)NCCCN(C(=O)CSC[C@H](N)C(=O)O)[C@@H](c1cc(-c2cc(F)ccc2F)cn1Cc1ccccc1)C(C)(C)C. The minimum absolute atomic E-state index is 0.0209. The van der Waals surface area contributed by atoms with E-state index in [1.807, 2.05) is 55.7 Å². The van der Waals surface area contributed by atoms with Gasteiger partial charge in [-0.15, -0.1) is 11.8 Å². The number of carboxylic acids is 1. The van der Waals surface area contributed by atoms with Crippen LogP contribution < -0.4 is 11.1 Å². The second-order valence-electron chi connectivity index (χ2n) is 13.3. The van der Waals surface area contributed by atoms with Crippen LogP contribution in [0.5, 0.6) is 0 Å². The van der Waals surface area contributed by atoms with Gasteiger partial charge in [-0.1, -0.05) is 64.2 Å². The van der Waals surface area contributed by atoms with Crippen molar-refractivity contribution in [3.05, 3.63) is 83.7 Å². The predicted molar refractivity (Wildman–Crippen MR) is 190 cm³/mol. The van der Waals surface area contributed by atoms with Crippen molar-refractivity contribution in [3.8, 4) is 11.1 Å². The van der Waals surface area contributed by atoms with Crippen LogP contribution in [0.4, 0.5) is 13.6 Å². The first kappa shape index (κ1) is 38.8. The maximum atomic E-state index is 15.1. The van der Waals surface area contributed by atoms with Gasteiger partial charge in [0.1, 0.15) is 17.7 Å². The summed E-state index contributed by atoms with van der Waals surface area (Å²) in [5, 5.41) is 12.0. The molecule has 262 valence electrons. The van der Waals surface area contributed by atoms with Crippen molar-refractivity contribution < 1.29 is 33.0 Å². The largest absolute Gasteiger partial charge is 0.480 e. The fraction of sp³-hybridized carbons (Fsp3) is 0.457. The third kappa shape index (κ3) is 11.8. The van der Waals surface area contributed by atoms with Gasteiger partial charge in [0, 0.05) is 57.2 Å². The Hall–Kier alpha value is -3.68. The molecule has 0 saturated heterocycles. The van der Waals surface area contributed by atoms with Crippen LogP contribution in [0.25, 0.3) is 11.1 Å². The Morgan fingerprint density at radius 3 is 2.46 bits per heavy atom. The molecule has 0 saturated carbocycles. The lowest BCUT2D eigenvalue weighted by Gasteiger charge is -2.41. The van der Waals surface area contributed by atoms with Crippen molar-refractivity contribution in [3.63, 3.8) is 0 Å². The summed E-state index contributed by atoms with van der Waals surface area (Å²) in [6.07, 6.45) is 1.68. The number of carbonyl (C=O) groups is 3. The van der Waals surface area contributed by atoms with E-state index in [-0.39, 0.29) is 36.1 Å². The molecular formula is C35H48F2N4O5SSi. The number of aliphatic carboxylic acids is 1. The van der Waals surface area contributed by atoms with Gasteiger partial charge in [0.2, 0.25) is 5.91 Å². The van der Waals surface area contributed by atoms with Crippen molar-refractivity contribution in [2.24, 2.45) is 11.1 Å². The summed E-state index contributed by atoms with van der Waals surface area (Å²) in [4.78, 5) is 39.3. The summed E-state index contributed by atoms with van der Waals surface area (Å²) in [6, 6.07) is 14.0. The number of hydrogen-bond acceptors (Lipinski definition) is 6. The lowest BCUT2D eigenvalue weighted by Crippen LogP contribution is -2.44. The summed E-state index contributed by atoms with van der Waals surface area (Å²) in [7, 11) is -0.852. The maximum Gasteiger partial charge on any atom is 0.407 e. The van der Waals surface area contributed by atoms with Crippen LogP contribution in [0.15, 0.2) is 60.8 Å². The van der Waals surface area contributed by atoms with Crippen LogP contribution in [0, 0.1) is 17.0 Å². The number of nitrogens with two attached hydrogens (primary N) is 1. The molecule has 0 radical (unpaired) electrons. The highest BCUT2D eigenvalue weighted by Gasteiger charge is 2.37. The smallest absolute Gasteiger partial charge is 0.407 e. The van der Waals surface area contributed by atoms with Gasteiger partial charge < -0.3 is 30.4 Å². The normalized spacial score (nSPS) is 12.9. The van der Waals surface area contributed by atoms with Crippen LogP contribution in [-0.2, 0) is 20.9 Å². The molecule has 0 unspecified atom stereocenters. The van der Waals surface area contributed by atoms with Gasteiger partial charge in [-0.2, -0.15) is 0 Å². The van der Waals surface area contributed by atoms with E-state index < -0.39 is 50.0 Å². The van der Waals surface area contributed by atoms with Crippen LogP contribution >= 0.6 is 11.8 Å². The summed E-state index contributed by atoms with van der Waals surface area (Å²) in [5.74, 6) is -2.50. The quantitative estimate of drug-likeness (QED) is 0.114. The summed E-state index contributed by atoms with van der Waals surface area (Å²) in [6.45, 7) is 11.7. The van der Waals surface area contributed by atoms with E-state index in [9.17, 15) is 23.9 Å². The molecule has 0 aliphatic carbocycles. The highest BCUT2D eigenvalue weighted by Crippen LogP contribution is 2.41. The first-order chi connectivity index (χ1) is 22.7.